The van der Waals surface area contributed by atoms with Crippen molar-refractivity contribution in [1.82, 2.24) is 5.32 Å². The van der Waals surface area contributed by atoms with E-state index in [1.54, 1.807) is 0 Å². The lowest BCUT2D eigenvalue weighted by molar-refractivity contribution is -0.173. The second-order valence-corrected chi connectivity index (χ2v) is 4.49. The van der Waals surface area contributed by atoms with Crippen molar-refractivity contribution in [3.8, 4) is 0 Å². The Morgan fingerprint density at radius 1 is 1.12 bits per heavy atom. The van der Waals surface area contributed by atoms with Crippen molar-refractivity contribution >= 4 is 0 Å². The third-order valence-corrected chi connectivity index (χ3v) is 2.18. The summed E-state index contributed by atoms with van der Waals surface area (Å²) in [6.45, 7) is 5.75. The largest absolute Gasteiger partial charge is 0.411 e. The molecule has 0 rings (SSSR count). The fourth-order valence-corrected chi connectivity index (χ4v) is 1.25. The number of hydrogen-bond acceptors (Lipinski definition) is 2. The van der Waals surface area contributed by atoms with Gasteiger partial charge in [-0.1, -0.05) is 13.8 Å². The van der Waals surface area contributed by atoms with Crippen LogP contribution in [0.25, 0.3) is 0 Å². The Kier molecular flexibility index (Phi) is 7.76. The Morgan fingerprint density at radius 3 is 2.25 bits per heavy atom. The maximum absolute atomic E-state index is 11.7. The summed E-state index contributed by atoms with van der Waals surface area (Å²) in [6.07, 6.45) is -2.06. The van der Waals surface area contributed by atoms with Gasteiger partial charge >= 0.3 is 6.18 Å². The third kappa shape index (κ3) is 11.8. The summed E-state index contributed by atoms with van der Waals surface area (Å²) in [6, 6.07) is 0.330. The molecule has 0 radical (unpaired) electrons. The van der Waals surface area contributed by atoms with E-state index in [1.807, 2.05) is 6.92 Å². The summed E-state index contributed by atoms with van der Waals surface area (Å²) < 4.78 is 39.6. The van der Waals surface area contributed by atoms with Crippen LogP contribution in [0.15, 0.2) is 0 Å². The molecular weight excluding hydrogens is 219 g/mol. The first kappa shape index (κ1) is 15.7. The van der Waals surface area contributed by atoms with E-state index in [1.165, 1.54) is 0 Å². The molecule has 0 heterocycles. The van der Waals surface area contributed by atoms with Crippen LogP contribution >= 0.6 is 0 Å². The fourth-order valence-electron chi connectivity index (χ4n) is 1.25. The van der Waals surface area contributed by atoms with E-state index >= 15 is 0 Å². The number of ether oxygens (including phenoxy) is 1. The normalized spacial score (nSPS) is 14.4. The summed E-state index contributed by atoms with van der Waals surface area (Å²) >= 11 is 0. The van der Waals surface area contributed by atoms with E-state index < -0.39 is 12.8 Å². The number of halogens is 3. The maximum Gasteiger partial charge on any atom is 0.411 e. The molecule has 0 saturated carbocycles. The molecule has 0 aliphatic heterocycles. The van der Waals surface area contributed by atoms with Gasteiger partial charge in [0, 0.05) is 12.6 Å². The minimum absolute atomic E-state index is 0.103. The van der Waals surface area contributed by atoms with E-state index in [4.69, 9.17) is 0 Å². The summed E-state index contributed by atoms with van der Waals surface area (Å²) in [4.78, 5) is 0. The van der Waals surface area contributed by atoms with Crippen molar-refractivity contribution in [2.75, 3.05) is 19.8 Å². The van der Waals surface area contributed by atoms with Crippen molar-refractivity contribution in [3.63, 3.8) is 0 Å². The zero-order valence-electron chi connectivity index (χ0n) is 10.2. The molecule has 0 aromatic rings. The average Bonchev–Trinajstić information content (AvgIpc) is 2.12. The van der Waals surface area contributed by atoms with Crippen LogP contribution in [0.4, 0.5) is 13.2 Å². The molecule has 1 atom stereocenters. The van der Waals surface area contributed by atoms with Crippen LogP contribution in [0.2, 0.25) is 0 Å². The molecule has 0 aliphatic rings. The van der Waals surface area contributed by atoms with Crippen LogP contribution < -0.4 is 5.32 Å². The first-order chi connectivity index (χ1) is 7.31. The third-order valence-electron chi connectivity index (χ3n) is 2.18. The van der Waals surface area contributed by atoms with Gasteiger partial charge in [-0.3, -0.25) is 0 Å². The topological polar surface area (TPSA) is 21.3 Å². The Bertz CT molecular complexity index is 171. The molecule has 98 valence electrons. The van der Waals surface area contributed by atoms with Crippen LogP contribution in [-0.2, 0) is 4.74 Å². The lowest BCUT2D eigenvalue weighted by atomic mass is 10.0. The predicted molar refractivity (Wildman–Crippen MR) is 58.4 cm³/mol. The molecule has 1 N–H and O–H groups in total. The van der Waals surface area contributed by atoms with Gasteiger partial charge in [0.2, 0.25) is 0 Å². The van der Waals surface area contributed by atoms with Crippen LogP contribution in [0.1, 0.15) is 33.6 Å². The monoisotopic (exact) mass is 241 g/mol. The Hall–Kier alpha value is -0.290. The Balaban J connectivity index is 3.31. The zero-order chi connectivity index (χ0) is 12.6. The molecule has 0 aromatic heterocycles. The molecule has 0 aromatic carbocycles. The molecule has 5 heteroatoms. The number of rotatable bonds is 8. The summed E-state index contributed by atoms with van der Waals surface area (Å²) in [5.74, 6) is 0.658. The van der Waals surface area contributed by atoms with Crippen LogP contribution in [0.3, 0.4) is 0 Å². The van der Waals surface area contributed by atoms with Crippen LogP contribution in [0.5, 0.6) is 0 Å². The van der Waals surface area contributed by atoms with Crippen LogP contribution in [-0.4, -0.2) is 32.0 Å². The van der Waals surface area contributed by atoms with Crippen molar-refractivity contribution < 1.29 is 17.9 Å². The van der Waals surface area contributed by atoms with Crippen molar-refractivity contribution in [1.29, 1.82) is 0 Å². The van der Waals surface area contributed by atoms with Gasteiger partial charge < -0.3 is 10.1 Å². The number of hydrogen-bond donors (Lipinski definition) is 1. The summed E-state index contributed by atoms with van der Waals surface area (Å²) in [5.41, 5.74) is 0. The van der Waals surface area contributed by atoms with Gasteiger partial charge in [-0.25, -0.2) is 0 Å². The maximum atomic E-state index is 11.7. The van der Waals surface area contributed by atoms with Crippen LogP contribution in [0, 0.1) is 5.92 Å². The van der Waals surface area contributed by atoms with E-state index in [0.717, 1.165) is 12.8 Å². The van der Waals surface area contributed by atoms with E-state index in [-0.39, 0.29) is 6.61 Å². The molecule has 0 amide bonds. The SMILES string of the molecule is CC(C)CCC(C)NCCOCC(F)(F)F. The van der Waals surface area contributed by atoms with Crippen molar-refractivity contribution in [2.24, 2.45) is 5.92 Å². The molecule has 0 saturated heterocycles. The molecule has 16 heavy (non-hydrogen) atoms. The molecule has 0 spiro atoms. The van der Waals surface area contributed by atoms with E-state index in [0.29, 0.717) is 18.5 Å². The van der Waals surface area contributed by atoms with E-state index in [2.05, 4.69) is 23.9 Å². The number of alkyl halides is 3. The molecule has 1 unspecified atom stereocenters. The van der Waals surface area contributed by atoms with Gasteiger partial charge in [0.15, 0.2) is 0 Å². The highest BCUT2D eigenvalue weighted by Gasteiger charge is 2.27. The minimum atomic E-state index is -4.22. The predicted octanol–water partition coefficient (Wildman–Crippen LogP) is 2.98. The Morgan fingerprint density at radius 2 is 1.75 bits per heavy atom. The number of nitrogens with one attached hydrogen (secondary N) is 1. The average molecular weight is 241 g/mol. The quantitative estimate of drug-likeness (QED) is 0.660. The lowest BCUT2D eigenvalue weighted by Crippen LogP contribution is -2.30. The van der Waals surface area contributed by atoms with Gasteiger partial charge in [0.25, 0.3) is 0 Å². The van der Waals surface area contributed by atoms with E-state index in [9.17, 15) is 13.2 Å². The zero-order valence-corrected chi connectivity index (χ0v) is 10.2. The lowest BCUT2D eigenvalue weighted by Gasteiger charge is -2.15. The van der Waals surface area contributed by atoms with Gasteiger partial charge in [0.1, 0.15) is 6.61 Å². The second-order valence-electron chi connectivity index (χ2n) is 4.49. The molecule has 0 fully saturated rings. The van der Waals surface area contributed by atoms with Crippen molar-refractivity contribution in [2.45, 2.75) is 45.8 Å². The first-order valence-corrected chi connectivity index (χ1v) is 5.69. The van der Waals surface area contributed by atoms with Gasteiger partial charge in [-0.15, -0.1) is 0 Å². The Labute approximate surface area is 95.5 Å². The van der Waals surface area contributed by atoms with Gasteiger partial charge in [0.05, 0.1) is 6.61 Å². The minimum Gasteiger partial charge on any atom is -0.371 e. The molecule has 0 bridgehead atoms. The van der Waals surface area contributed by atoms with Crippen molar-refractivity contribution in [3.05, 3.63) is 0 Å². The highest BCUT2D eigenvalue weighted by molar-refractivity contribution is 4.61. The highest BCUT2D eigenvalue weighted by Crippen LogP contribution is 2.14. The summed E-state index contributed by atoms with van der Waals surface area (Å²) in [7, 11) is 0. The molecular formula is C11H22F3NO. The second kappa shape index (κ2) is 7.90. The fraction of sp³-hybridized carbons (Fsp3) is 1.00. The standard InChI is InChI=1S/C11H22F3NO/c1-9(2)4-5-10(3)15-6-7-16-8-11(12,13)14/h9-10,15H,4-8H2,1-3H3. The smallest absolute Gasteiger partial charge is 0.371 e. The summed E-state index contributed by atoms with van der Waals surface area (Å²) in [5, 5.41) is 3.13. The highest BCUT2D eigenvalue weighted by atomic mass is 19.4. The first-order valence-electron chi connectivity index (χ1n) is 5.69. The van der Waals surface area contributed by atoms with Gasteiger partial charge in [-0.2, -0.15) is 13.2 Å². The molecule has 0 aliphatic carbocycles. The molecule has 2 nitrogen and oxygen atoms in total. The van der Waals surface area contributed by atoms with Gasteiger partial charge in [-0.05, 0) is 25.7 Å².